The van der Waals surface area contributed by atoms with E-state index in [-0.39, 0.29) is 18.6 Å². The van der Waals surface area contributed by atoms with Gasteiger partial charge in [0.05, 0.1) is 12.7 Å². The molecule has 3 heterocycles. The van der Waals surface area contributed by atoms with E-state index >= 15 is 0 Å². The summed E-state index contributed by atoms with van der Waals surface area (Å²) in [5.41, 5.74) is 0. The summed E-state index contributed by atoms with van der Waals surface area (Å²) in [5, 5.41) is 6.55. The predicted molar refractivity (Wildman–Crippen MR) is 94.1 cm³/mol. The topological polar surface area (TPSA) is 69.2 Å². The number of aliphatic imine (C=N–C) groups is 1. The van der Waals surface area contributed by atoms with Crippen LogP contribution in [0.5, 0.6) is 0 Å². The van der Waals surface area contributed by atoms with Gasteiger partial charge in [-0.15, -0.1) is 0 Å². The Bertz CT molecular complexity index is 450. The minimum absolute atomic E-state index is 0.124. The highest BCUT2D eigenvalue weighted by molar-refractivity contribution is 5.85. The molecule has 1 amide bonds. The molecular formula is C17H31N5O2. The van der Waals surface area contributed by atoms with Crippen LogP contribution in [0, 0.1) is 0 Å². The maximum absolute atomic E-state index is 12.1. The molecule has 3 aliphatic rings. The van der Waals surface area contributed by atoms with Crippen LogP contribution < -0.4 is 10.6 Å². The molecule has 2 atom stereocenters. The monoisotopic (exact) mass is 337 g/mol. The summed E-state index contributed by atoms with van der Waals surface area (Å²) in [5.74, 6) is 0.829. The van der Waals surface area contributed by atoms with Gasteiger partial charge in [-0.3, -0.25) is 9.69 Å². The third-order valence-corrected chi connectivity index (χ3v) is 5.13. The molecule has 3 aliphatic heterocycles. The molecule has 2 unspecified atom stereocenters. The number of hydrogen-bond acceptors (Lipinski definition) is 4. The smallest absolute Gasteiger partial charge is 0.244 e. The largest absolute Gasteiger partial charge is 0.373 e. The van der Waals surface area contributed by atoms with Crippen molar-refractivity contribution in [2.45, 2.75) is 44.8 Å². The van der Waals surface area contributed by atoms with Gasteiger partial charge in [0.2, 0.25) is 5.91 Å². The number of guanidine groups is 1. The predicted octanol–water partition coefficient (Wildman–Crippen LogP) is 0.0271. The van der Waals surface area contributed by atoms with Gasteiger partial charge in [-0.1, -0.05) is 0 Å². The van der Waals surface area contributed by atoms with Crippen LogP contribution >= 0.6 is 0 Å². The molecule has 0 aromatic carbocycles. The normalized spacial score (nSPS) is 28.0. The van der Waals surface area contributed by atoms with Gasteiger partial charge in [0.25, 0.3) is 0 Å². The number of likely N-dealkylation sites (tertiary alicyclic amines) is 1. The maximum atomic E-state index is 12.1. The number of nitrogens with one attached hydrogen (secondary N) is 2. The third-order valence-electron chi connectivity index (χ3n) is 5.13. The summed E-state index contributed by atoms with van der Waals surface area (Å²) in [6.07, 6.45) is 4.98. The second-order valence-corrected chi connectivity index (χ2v) is 6.91. The van der Waals surface area contributed by atoms with Gasteiger partial charge in [0, 0.05) is 38.8 Å². The van der Waals surface area contributed by atoms with Gasteiger partial charge in [0.15, 0.2) is 5.96 Å². The molecule has 0 spiro atoms. The molecule has 3 rings (SSSR count). The molecule has 0 saturated carbocycles. The summed E-state index contributed by atoms with van der Waals surface area (Å²) in [4.78, 5) is 21.0. The average molecular weight is 337 g/mol. The minimum atomic E-state index is 0.124. The Labute approximate surface area is 144 Å². The van der Waals surface area contributed by atoms with E-state index in [9.17, 15) is 4.79 Å². The van der Waals surface area contributed by atoms with E-state index in [4.69, 9.17) is 4.74 Å². The molecule has 24 heavy (non-hydrogen) atoms. The number of carbonyl (C=O) groups is 1. The molecule has 0 radical (unpaired) electrons. The van der Waals surface area contributed by atoms with Crippen LogP contribution in [-0.2, 0) is 9.53 Å². The molecule has 2 N–H and O–H groups in total. The van der Waals surface area contributed by atoms with Gasteiger partial charge < -0.3 is 20.3 Å². The molecule has 3 fully saturated rings. The summed E-state index contributed by atoms with van der Waals surface area (Å²) < 4.78 is 5.97. The van der Waals surface area contributed by atoms with Crippen molar-refractivity contribution in [3.63, 3.8) is 0 Å². The number of morpholine rings is 1. The van der Waals surface area contributed by atoms with E-state index in [1.165, 1.54) is 19.4 Å². The van der Waals surface area contributed by atoms with Crippen molar-refractivity contribution < 1.29 is 9.53 Å². The van der Waals surface area contributed by atoms with Crippen molar-refractivity contribution >= 4 is 11.9 Å². The van der Waals surface area contributed by atoms with Gasteiger partial charge in [-0.25, -0.2) is 4.99 Å². The Morgan fingerprint density at radius 1 is 1.21 bits per heavy atom. The van der Waals surface area contributed by atoms with Gasteiger partial charge in [0.1, 0.15) is 6.54 Å². The van der Waals surface area contributed by atoms with Crippen LogP contribution in [0.2, 0.25) is 0 Å². The Morgan fingerprint density at radius 2 is 2.04 bits per heavy atom. The third kappa shape index (κ3) is 4.60. The van der Waals surface area contributed by atoms with Crippen LogP contribution in [0.4, 0.5) is 0 Å². The van der Waals surface area contributed by atoms with Gasteiger partial charge >= 0.3 is 0 Å². The first kappa shape index (κ1) is 17.5. The fourth-order valence-electron chi connectivity index (χ4n) is 3.77. The zero-order valence-corrected chi connectivity index (χ0v) is 14.8. The molecule has 0 aliphatic carbocycles. The molecule has 7 nitrogen and oxygen atoms in total. The lowest BCUT2D eigenvalue weighted by molar-refractivity contribution is -0.128. The van der Waals surface area contributed by atoms with Gasteiger partial charge in [-0.05, 0) is 39.2 Å². The summed E-state index contributed by atoms with van der Waals surface area (Å²) >= 11 is 0. The highest BCUT2D eigenvalue weighted by Crippen LogP contribution is 2.22. The van der Waals surface area contributed by atoms with Crippen molar-refractivity contribution in [3.05, 3.63) is 0 Å². The number of ether oxygens (including phenoxy) is 1. The Kier molecular flexibility index (Phi) is 6.31. The first-order valence-corrected chi connectivity index (χ1v) is 9.42. The fraction of sp³-hybridized carbons (Fsp3) is 0.882. The first-order valence-electron chi connectivity index (χ1n) is 9.42. The summed E-state index contributed by atoms with van der Waals surface area (Å²) in [6.45, 7) is 8.55. The van der Waals surface area contributed by atoms with E-state index < -0.39 is 0 Å². The number of rotatable bonds is 5. The highest BCUT2D eigenvalue weighted by Gasteiger charge is 2.32. The lowest BCUT2D eigenvalue weighted by Gasteiger charge is -2.35. The molecule has 0 aromatic heterocycles. The zero-order valence-electron chi connectivity index (χ0n) is 14.8. The van der Waals surface area contributed by atoms with Crippen LogP contribution in [0.25, 0.3) is 0 Å². The quantitative estimate of drug-likeness (QED) is 0.547. The maximum Gasteiger partial charge on any atom is 0.244 e. The van der Waals surface area contributed by atoms with E-state index in [2.05, 4.69) is 20.5 Å². The Morgan fingerprint density at radius 3 is 2.83 bits per heavy atom. The van der Waals surface area contributed by atoms with Crippen molar-refractivity contribution in [1.82, 2.24) is 20.4 Å². The fourth-order valence-corrected chi connectivity index (χ4v) is 3.77. The van der Waals surface area contributed by atoms with Crippen molar-refractivity contribution in [1.29, 1.82) is 0 Å². The van der Waals surface area contributed by atoms with Crippen molar-refractivity contribution in [3.8, 4) is 0 Å². The second-order valence-electron chi connectivity index (χ2n) is 6.91. The molecule has 7 heteroatoms. The zero-order chi connectivity index (χ0) is 16.8. The molecule has 0 bridgehead atoms. The van der Waals surface area contributed by atoms with Crippen LogP contribution in [0.1, 0.15) is 32.6 Å². The lowest BCUT2D eigenvalue weighted by Crippen LogP contribution is -2.51. The second kappa shape index (κ2) is 8.67. The first-order chi connectivity index (χ1) is 11.8. The van der Waals surface area contributed by atoms with E-state index in [1.54, 1.807) is 0 Å². The van der Waals surface area contributed by atoms with E-state index in [0.717, 1.165) is 52.2 Å². The number of amides is 1. The number of hydrogen-bond donors (Lipinski definition) is 2. The molecule has 3 saturated heterocycles. The number of carbonyl (C=O) groups excluding carboxylic acids is 1. The number of fused-ring (bicyclic) bond motifs is 1. The molecule has 0 aromatic rings. The molecular weight excluding hydrogens is 306 g/mol. The summed E-state index contributed by atoms with van der Waals surface area (Å²) in [6, 6.07) is 0.626. The molecule has 136 valence electrons. The van der Waals surface area contributed by atoms with Gasteiger partial charge in [-0.2, -0.15) is 0 Å². The SMILES string of the molecule is CCNC(=NCC(=O)N1CCCC1)NCC1CN2CCCC2CO1. The van der Waals surface area contributed by atoms with Crippen LogP contribution in [0.3, 0.4) is 0 Å². The number of nitrogens with zero attached hydrogens (tertiary/aromatic N) is 3. The standard InChI is InChI=1S/C17H31N5O2/c1-2-18-17(20-11-16(23)21-7-3-4-8-21)19-10-15-12-22-9-5-6-14(22)13-24-15/h14-15H,2-13H2,1H3,(H2,18,19,20). The van der Waals surface area contributed by atoms with E-state index in [1.807, 2.05) is 11.8 Å². The average Bonchev–Trinajstić information content (AvgIpc) is 3.27. The van der Waals surface area contributed by atoms with Crippen LogP contribution in [0.15, 0.2) is 4.99 Å². The van der Waals surface area contributed by atoms with Crippen LogP contribution in [-0.4, -0.2) is 86.2 Å². The van der Waals surface area contributed by atoms with Crippen molar-refractivity contribution in [2.24, 2.45) is 4.99 Å². The lowest BCUT2D eigenvalue weighted by atomic mass is 10.2. The van der Waals surface area contributed by atoms with E-state index in [0.29, 0.717) is 12.0 Å². The highest BCUT2D eigenvalue weighted by atomic mass is 16.5. The minimum Gasteiger partial charge on any atom is -0.373 e. The Hall–Kier alpha value is -1.34. The van der Waals surface area contributed by atoms with Crippen molar-refractivity contribution in [2.75, 3.05) is 52.4 Å². The summed E-state index contributed by atoms with van der Waals surface area (Å²) in [7, 11) is 0. The Balaban J connectivity index is 1.44.